The number of halogens is 1. The van der Waals surface area contributed by atoms with Crippen LogP contribution in [-0.4, -0.2) is 64.3 Å². The highest BCUT2D eigenvalue weighted by molar-refractivity contribution is 7.22. The van der Waals surface area contributed by atoms with Crippen molar-refractivity contribution in [2.45, 2.75) is 6.92 Å². The van der Waals surface area contributed by atoms with Crippen LogP contribution >= 0.6 is 22.9 Å². The lowest BCUT2D eigenvalue weighted by Gasteiger charge is -2.23. The monoisotopic (exact) mass is 463 g/mol. The molecule has 7 nitrogen and oxygen atoms in total. The van der Waals surface area contributed by atoms with Gasteiger partial charge in [0.1, 0.15) is 0 Å². The van der Waals surface area contributed by atoms with Crippen LogP contribution in [0.25, 0.3) is 10.2 Å². The van der Waals surface area contributed by atoms with Crippen LogP contribution in [0.15, 0.2) is 24.3 Å². The number of hydrogen-bond donors (Lipinski definition) is 0. The first kappa shape index (κ1) is 23.1. The molecule has 0 bridgehead atoms. The molecule has 166 valence electrons. The highest BCUT2D eigenvalue weighted by Gasteiger charge is 2.25. The first-order valence-corrected chi connectivity index (χ1v) is 10.8. The average Bonchev–Trinajstić information content (AvgIpc) is 3.16. The molecule has 9 heteroatoms. The van der Waals surface area contributed by atoms with Gasteiger partial charge in [0, 0.05) is 23.7 Å². The quantitative estimate of drug-likeness (QED) is 0.490. The minimum atomic E-state index is -0.205. The van der Waals surface area contributed by atoms with Crippen LogP contribution in [0.4, 0.5) is 5.13 Å². The Kier molecular flexibility index (Phi) is 7.25. The number of nitrogens with zero attached hydrogens (tertiary/aromatic N) is 3. The highest BCUT2D eigenvalue weighted by atomic mass is 35.5. The molecule has 2 aromatic carbocycles. The number of hydrogen-bond acceptors (Lipinski definition) is 7. The van der Waals surface area contributed by atoms with Crippen molar-refractivity contribution in [2.24, 2.45) is 0 Å². The van der Waals surface area contributed by atoms with E-state index in [9.17, 15) is 4.79 Å². The number of rotatable bonds is 8. The first-order chi connectivity index (χ1) is 14.8. The molecule has 31 heavy (non-hydrogen) atoms. The molecule has 0 aliphatic heterocycles. The van der Waals surface area contributed by atoms with E-state index in [4.69, 9.17) is 30.8 Å². The molecule has 0 atom stereocenters. The maximum atomic E-state index is 13.6. The molecular weight excluding hydrogens is 438 g/mol. The molecule has 1 aromatic heterocycles. The predicted molar refractivity (Wildman–Crippen MR) is 126 cm³/mol. The zero-order valence-corrected chi connectivity index (χ0v) is 20.1. The van der Waals surface area contributed by atoms with Crippen LogP contribution < -0.4 is 19.1 Å². The van der Waals surface area contributed by atoms with Crippen molar-refractivity contribution in [3.8, 4) is 17.2 Å². The molecule has 0 fully saturated rings. The lowest BCUT2D eigenvalue weighted by Crippen LogP contribution is -2.36. The molecule has 1 heterocycles. The summed E-state index contributed by atoms with van der Waals surface area (Å²) < 4.78 is 17.2. The fourth-order valence-electron chi connectivity index (χ4n) is 3.20. The van der Waals surface area contributed by atoms with E-state index in [1.54, 1.807) is 17.0 Å². The number of likely N-dealkylation sites (N-methyl/N-ethyl adjacent to an activating group) is 1. The van der Waals surface area contributed by atoms with E-state index in [-0.39, 0.29) is 5.91 Å². The van der Waals surface area contributed by atoms with Gasteiger partial charge in [0.15, 0.2) is 16.6 Å². The number of thiazole rings is 1. The Hall–Kier alpha value is -2.55. The normalized spacial score (nSPS) is 11.1. The van der Waals surface area contributed by atoms with E-state index in [1.165, 1.54) is 32.7 Å². The number of aromatic nitrogens is 1. The Morgan fingerprint density at radius 1 is 1.03 bits per heavy atom. The molecule has 0 aliphatic carbocycles. The minimum Gasteiger partial charge on any atom is -0.493 e. The van der Waals surface area contributed by atoms with E-state index in [2.05, 4.69) is 0 Å². The van der Waals surface area contributed by atoms with Gasteiger partial charge in [-0.2, -0.15) is 0 Å². The topological polar surface area (TPSA) is 64.1 Å². The van der Waals surface area contributed by atoms with Crippen molar-refractivity contribution >= 4 is 44.2 Å². The Bertz CT molecular complexity index is 1070. The molecule has 0 saturated heterocycles. The van der Waals surface area contributed by atoms with Gasteiger partial charge in [-0.15, -0.1) is 0 Å². The molecule has 0 radical (unpaired) electrons. The van der Waals surface area contributed by atoms with Gasteiger partial charge in [0.25, 0.3) is 5.91 Å². The van der Waals surface area contributed by atoms with Gasteiger partial charge in [-0.25, -0.2) is 4.98 Å². The van der Waals surface area contributed by atoms with E-state index >= 15 is 0 Å². The third-order valence-electron chi connectivity index (χ3n) is 4.80. The van der Waals surface area contributed by atoms with Gasteiger partial charge < -0.3 is 19.1 Å². The molecule has 0 unspecified atom stereocenters. The van der Waals surface area contributed by atoms with Gasteiger partial charge in [-0.1, -0.05) is 22.9 Å². The Labute approximate surface area is 191 Å². The SMILES string of the molecule is COc1cc(C(=O)N(CCN(C)C)c2nc3c(C)cc(Cl)cc3s2)cc(OC)c1OC. The molecular formula is C22H26ClN3O4S. The van der Waals surface area contributed by atoms with Crippen LogP contribution in [0.5, 0.6) is 17.2 Å². The van der Waals surface area contributed by atoms with Gasteiger partial charge in [-0.05, 0) is 50.8 Å². The summed E-state index contributed by atoms with van der Waals surface area (Å²) in [6, 6.07) is 7.06. The van der Waals surface area contributed by atoms with Crippen molar-refractivity contribution in [2.75, 3.05) is 53.4 Å². The second-order valence-corrected chi connectivity index (χ2v) is 8.69. The van der Waals surface area contributed by atoms with Crippen molar-refractivity contribution in [1.82, 2.24) is 9.88 Å². The lowest BCUT2D eigenvalue weighted by atomic mass is 10.1. The second kappa shape index (κ2) is 9.72. The molecule has 0 spiro atoms. The maximum Gasteiger partial charge on any atom is 0.260 e. The van der Waals surface area contributed by atoms with Crippen molar-refractivity contribution in [3.05, 3.63) is 40.4 Å². The summed E-state index contributed by atoms with van der Waals surface area (Å²) in [5, 5.41) is 1.26. The first-order valence-electron chi connectivity index (χ1n) is 9.62. The largest absolute Gasteiger partial charge is 0.493 e. The molecule has 3 rings (SSSR count). The molecule has 3 aromatic rings. The van der Waals surface area contributed by atoms with Crippen molar-refractivity contribution in [3.63, 3.8) is 0 Å². The third kappa shape index (κ3) is 4.87. The summed E-state index contributed by atoms with van der Waals surface area (Å²) in [5.41, 5.74) is 2.23. The van der Waals surface area contributed by atoms with Gasteiger partial charge in [-0.3, -0.25) is 9.69 Å². The van der Waals surface area contributed by atoms with Gasteiger partial charge >= 0.3 is 0 Å². The van der Waals surface area contributed by atoms with Gasteiger partial charge in [0.2, 0.25) is 5.75 Å². The van der Waals surface area contributed by atoms with Crippen molar-refractivity contribution < 1.29 is 19.0 Å². The third-order valence-corrected chi connectivity index (χ3v) is 6.04. The van der Waals surface area contributed by atoms with E-state index < -0.39 is 0 Å². The predicted octanol–water partition coefficient (Wildman–Crippen LogP) is 4.49. The number of aryl methyl sites for hydroxylation is 1. The fraction of sp³-hybridized carbons (Fsp3) is 0.364. The maximum absolute atomic E-state index is 13.6. The number of ether oxygens (including phenoxy) is 3. The lowest BCUT2D eigenvalue weighted by molar-refractivity contribution is 0.0984. The summed E-state index contributed by atoms with van der Waals surface area (Å²) in [6.07, 6.45) is 0. The Balaban J connectivity index is 2.09. The van der Waals surface area contributed by atoms with Crippen LogP contribution in [0.2, 0.25) is 5.02 Å². The standard InChI is InChI=1S/C22H26ClN3O4S/c1-13-9-15(23)12-18-19(13)24-22(31-18)26(8-7-25(2)3)21(27)14-10-16(28-4)20(30-6)17(11-14)29-5/h9-12H,7-8H2,1-6H3. The number of anilines is 1. The smallest absolute Gasteiger partial charge is 0.260 e. The minimum absolute atomic E-state index is 0.205. The number of amides is 1. The summed E-state index contributed by atoms with van der Waals surface area (Å²) in [4.78, 5) is 22.1. The van der Waals surface area contributed by atoms with Crippen LogP contribution in [0.1, 0.15) is 15.9 Å². The van der Waals surface area contributed by atoms with Crippen LogP contribution in [0.3, 0.4) is 0 Å². The highest BCUT2D eigenvalue weighted by Crippen LogP contribution is 2.39. The summed E-state index contributed by atoms with van der Waals surface area (Å²) in [5.74, 6) is 1.07. The molecule has 1 amide bonds. The zero-order chi connectivity index (χ0) is 22.7. The Morgan fingerprint density at radius 2 is 1.68 bits per heavy atom. The number of methoxy groups -OCH3 is 3. The fourth-order valence-corrected chi connectivity index (χ4v) is 4.65. The second-order valence-electron chi connectivity index (χ2n) is 7.24. The molecule has 0 saturated carbocycles. The average molecular weight is 464 g/mol. The number of fused-ring (bicyclic) bond motifs is 1. The number of benzene rings is 2. The summed E-state index contributed by atoms with van der Waals surface area (Å²) >= 11 is 7.66. The number of carbonyl (C=O) groups excluding carboxylic acids is 1. The van der Waals surface area contributed by atoms with Crippen molar-refractivity contribution in [1.29, 1.82) is 0 Å². The Morgan fingerprint density at radius 3 is 2.23 bits per heavy atom. The molecule has 0 aliphatic rings. The van der Waals surface area contributed by atoms with Crippen LogP contribution in [0, 0.1) is 6.92 Å². The van der Waals surface area contributed by atoms with E-state index in [1.807, 2.05) is 38.1 Å². The summed E-state index contributed by atoms with van der Waals surface area (Å²) in [7, 11) is 8.50. The van der Waals surface area contributed by atoms with Gasteiger partial charge in [0.05, 0.1) is 31.5 Å². The van der Waals surface area contributed by atoms with E-state index in [0.29, 0.717) is 46.1 Å². The number of carbonyl (C=O) groups is 1. The van der Waals surface area contributed by atoms with E-state index in [0.717, 1.165) is 15.8 Å². The summed E-state index contributed by atoms with van der Waals surface area (Å²) in [6.45, 7) is 3.10. The van der Waals surface area contributed by atoms with Crippen LogP contribution in [-0.2, 0) is 0 Å². The molecule has 0 N–H and O–H groups in total. The zero-order valence-electron chi connectivity index (χ0n) is 18.5.